The summed E-state index contributed by atoms with van der Waals surface area (Å²) in [6.45, 7) is 5.35. The average molecular weight is 503 g/mol. The first-order chi connectivity index (χ1) is 15.4. The Hall–Kier alpha value is -1.54. The van der Waals surface area contributed by atoms with Gasteiger partial charge in [-0.15, -0.1) is 23.2 Å². The van der Waals surface area contributed by atoms with Crippen LogP contribution in [-0.2, 0) is 38.1 Å². The van der Waals surface area contributed by atoms with Crippen LogP contribution in [0.5, 0.6) is 0 Å². The number of rotatable bonds is 4. The molecule has 0 saturated heterocycles. The van der Waals surface area contributed by atoms with Crippen LogP contribution in [0.4, 0.5) is 0 Å². The molecular weight excluding hydrogens is 475 g/mol. The summed E-state index contributed by atoms with van der Waals surface area (Å²) in [5.74, 6) is -1.11. The molecule has 182 valence electrons. The third-order valence-corrected chi connectivity index (χ3v) is 10.0. The molecule has 10 heteroatoms. The first-order valence-corrected chi connectivity index (χ1v) is 12.2. The molecule has 0 aromatic carbocycles. The summed E-state index contributed by atoms with van der Waals surface area (Å²) in [5.41, 5.74) is -0.727. The van der Waals surface area contributed by atoms with Gasteiger partial charge in [-0.05, 0) is 49.4 Å². The number of ether oxygens (including phenoxy) is 4. The monoisotopic (exact) mass is 502 g/mol. The minimum Gasteiger partial charge on any atom is -0.459 e. The van der Waals surface area contributed by atoms with Crippen LogP contribution in [0.2, 0.25) is 0 Å². The Kier molecular flexibility index (Phi) is 5.09. The van der Waals surface area contributed by atoms with Crippen molar-refractivity contribution in [2.75, 3.05) is 0 Å². The van der Waals surface area contributed by atoms with E-state index in [9.17, 15) is 19.2 Å². The number of carbonyl (C=O) groups is 4. The Balaban J connectivity index is 1.40. The van der Waals surface area contributed by atoms with E-state index in [-0.39, 0.29) is 34.5 Å². The zero-order valence-corrected chi connectivity index (χ0v) is 20.5. The van der Waals surface area contributed by atoms with E-state index in [2.05, 4.69) is 0 Å². The highest BCUT2D eigenvalue weighted by atomic mass is 35.5. The van der Waals surface area contributed by atoms with Crippen LogP contribution in [0.15, 0.2) is 0 Å². The minimum absolute atomic E-state index is 0.147. The summed E-state index contributed by atoms with van der Waals surface area (Å²) < 4.78 is 21.0. The van der Waals surface area contributed by atoms with Crippen molar-refractivity contribution in [3.05, 3.63) is 0 Å². The third-order valence-electron chi connectivity index (χ3n) is 8.80. The van der Waals surface area contributed by atoms with Gasteiger partial charge in [0, 0.05) is 38.5 Å². The standard InChI is InChI=1S/C23H28Cl2O8/c1-9(26)30-17-5-13-14(6-18(17)31-10(2)27)21(13)22(23(21,24)25)15-7-19(32-11(3)28)20(8-16(15)22)33-12(4)29/h13-20H,5-8H2,1-4H3/t13-,14+,15-,16+,17+,18-,19+,20-,21?,22?. The highest BCUT2D eigenvalue weighted by molar-refractivity contribution is 6.53. The van der Waals surface area contributed by atoms with Gasteiger partial charge in [-0.25, -0.2) is 0 Å². The van der Waals surface area contributed by atoms with Crippen LogP contribution in [0.1, 0.15) is 53.4 Å². The molecule has 2 unspecified atom stereocenters. The van der Waals surface area contributed by atoms with Crippen LogP contribution in [0, 0.1) is 34.5 Å². The molecule has 0 aromatic heterocycles. The van der Waals surface area contributed by atoms with Crippen molar-refractivity contribution in [1.29, 1.82) is 0 Å². The van der Waals surface area contributed by atoms with Crippen molar-refractivity contribution in [2.45, 2.75) is 82.1 Å². The summed E-state index contributed by atoms with van der Waals surface area (Å²) in [6.07, 6.45) is 0.0107. The van der Waals surface area contributed by atoms with Crippen LogP contribution in [-0.4, -0.2) is 52.6 Å². The Labute approximate surface area is 201 Å². The number of fused-ring (bicyclic) bond motifs is 7. The zero-order chi connectivity index (χ0) is 24.1. The number of esters is 4. The maximum Gasteiger partial charge on any atom is 0.303 e. The summed E-state index contributed by atoms with van der Waals surface area (Å²) in [4.78, 5) is 46.7. The molecule has 33 heavy (non-hydrogen) atoms. The lowest BCUT2D eigenvalue weighted by Crippen LogP contribution is -2.37. The summed E-state index contributed by atoms with van der Waals surface area (Å²) in [6, 6.07) is 0. The van der Waals surface area contributed by atoms with Gasteiger partial charge in [0.1, 0.15) is 28.7 Å². The van der Waals surface area contributed by atoms with Crippen LogP contribution >= 0.6 is 23.2 Å². The highest BCUT2D eigenvalue weighted by Crippen LogP contribution is 3.06. The van der Waals surface area contributed by atoms with Gasteiger partial charge in [0.2, 0.25) is 0 Å². The second-order valence-corrected chi connectivity index (χ2v) is 11.6. The minimum atomic E-state index is -0.984. The quantitative estimate of drug-likeness (QED) is 0.328. The fourth-order valence-electron chi connectivity index (χ4n) is 8.17. The van der Waals surface area contributed by atoms with Gasteiger partial charge in [-0.2, -0.15) is 0 Å². The van der Waals surface area contributed by atoms with E-state index >= 15 is 0 Å². The van der Waals surface area contributed by atoms with E-state index in [0.717, 1.165) is 0 Å². The van der Waals surface area contributed by atoms with Crippen molar-refractivity contribution in [2.24, 2.45) is 34.5 Å². The molecule has 0 radical (unpaired) electrons. The van der Waals surface area contributed by atoms with Gasteiger partial charge in [0.05, 0.1) is 0 Å². The topological polar surface area (TPSA) is 105 Å². The Morgan fingerprint density at radius 3 is 0.939 bits per heavy atom. The molecule has 0 heterocycles. The molecule has 0 bridgehead atoms. The van der Waals surface area contributed by atoms with Crippen LogP contribution in [0.3, 0.4) is 0 Å². The maximum absolute atomic E-state index is 11.7. The Bertz CT molecular complexity index is 799. The highest BCUT2D eigenvalue weighted by Gasteiger charge is 3.08. The third kappa shape index (κ3) is 2.95. The molecular formula is C23H28Cl2O8. The normalized spacial score (nSPS) is 47.6. The lowest BCUT2D eigenvalue weighted by Gasteiger charge is -2.29. The molecule has 5 saturated carbocycles. The molecule has 0 amide bonds. The number of carbonyl (C=O) groups excluding carboxylic acids is 4. The molecule has 5 fully saturated rings. The number of alkyl halides is 2. The molecule has 0 aromatic rings. The SMILES string of the molecule is CC(=O)O[C@H]1C[C@@H]2[C@H](C[C@H]1OC(C)=O)C21C(Cl)(Cl)C12[C@@H]1C[C@H](OC(C)=O)[C@H](OC(C)=O)C[C@@H]12. The molecule has 0 N–H and O–H groups in total. The Morgan fingerprint density at radius 1 is 0.545 bits per heavy atom. The van der Waals surface area contributed by atoms with Crippen molar-refractivity contribution in [3.63, 3.8) is 0 Å². The summed E-state index contributed by atoms with van der Waals surface area (Å²) in [5, 5.41) is 0. The average Bonchev–Trinajstić information content (AvgIpc) is 3.56. The van der Waals surface area contributed by atoms with E-state index in [1.807, 2.05) is 0 Å². The van der Waals surface area contributed by atoms with E-state index in [4.69, 9.17) is 42.1 Å². The fraction of sp³-hybridized carbons (Fsp3) is 0.826. The van der Waals surface area contributed by atoms with E-state index in [1.54, 1.807) is 0 Å². The molecule has 8 nitrogen and oxygen atoms in total. The second-order valence-electron chi connectivity index (χ2n) is 10.3. The second kappa shape index (κ2) is 7.23. The number of hydrogen-bond acceptors (Lipinski definition) is 8. The van der Waals surface area contributed by atoms with Crippen LogP contribution in [0.25, 0.3) is 0 Å². The van der Waals surface area contributed by atoms with E-state index in [0.29, 0.717) is 25.7 Å². The zero-order valence-electron chi connectivity index (χ0n) is 19.0. The predicted octanol–water partition coefficient (Wildman–Crippen LogP) is 2.95. The van der Waals surface area contributed by atoms with E-state index < -0.39 is 52.6 Å². The smallest absolute Gasteiger partial charge is 0.303 e. The first kappa shape index (κ1) is 23.2. The van der Waals surface area contributed by atoms with Gasteiger partial charge in [0.15, 0.2) is 0 Å². The molecule has 5 rings (SSSR count). The van der Waals surface area contributed by atoms with Crippen molar-refractivity contribution >= 4 is 47.1 Å². The molecule has 5 aliphatic rings. The molecule has 0 aliphatic heterocycles. The van der Waals surface area contributed by atoms with Gasteiger partial charge in [-0.1, -0.05) is 0 Å². The molecule has 5 aliphatic carbocycles. The predicted molar refractivity (Wildman–Crippen MR) is 114 cm³/mol. The number of hydrogen-bond donors (Lipinski definition) is 0. The van der Waals surface area contributed by atoms with E-state index in [1.165, 1.54) is 27.7 Å². The van der Waals surface area contributed by atoms with Crippen LogP contribution < -0.4 is 0 Å². The molecule has 2 spiro atoms. The van der Waals surface area contributed by atoms with Gasteiger partial charge in [0.25, 0.3) is 0 Å². The lowest BCUT2D eigenvalue weighted by atomic mass is 9.94. The lowest BCUT2D eigenvalue weighted by molar-refractivity contribution is -0.169. The summed E-state index contributed by atoms with van der Waals surface area (Å²) in [7, 11) is 0. The Morgan fingerprint density at radius 2 is 0.758 bits per heavy atom. The maximum atomic E-state index is 11.7. The fourth-order valence-corrected chi connectivity index (χ4v) is 9.82. The first-order valence-electron chi connectivity index (χ1n) is 11.5. The van der Waals surface area contributed by atoms with Crippen molar-refractivity contribution in [1.82, 2.24) is 0 Å². The summed E-state index contributed by atoms with van der Waals surface area (Å²) >= 11 is 14.1. The van der Waals surface area contributed by atoms with Gasteiger partial charge >= 0.3 is 23.9 Å². The van der Waals surface area contributed by atoms with Crippen molar-refractivity contribution in [3.8, 4) is 0 Å². The van der Waals surface area contributed by atoms with Gasteiger partial charge < -0.3 is 18.9 Å². The largest absolute Gasteiger partial charge is 0.459 e. The van der Waals surface area contributed by atoms with Gasteiger partial charge in [-0.3, -0.25) is 19.2 Å². The molecule has 10 atom stereocenters. The van der Waals surface area contributed by atoms with Crippen molar-refractivity contribution < 1.29 is 38.1 Å². The number of halogens is 2.